The number of pyridine rings is 2. The van der Waals surface area contributed by atoms with Gasteiger partial charge in [-0.2, -0.15) is 0 Å². The van der Waals surface area contributed by atoms with E-state index in [0.29, 0.717) is 53.6 Å². The van der Waals surface area contributed by atoms with Crippen LogP contribution in [-0.4, -0.2) is 51.9 Å². The van der Waals surface area contributed by atoms with Crippen molar-refractivity contribution in [3.8, 4) is 11.4 Å². The molecule has 3 N–H and O–H groups in total. The van der Waals surface area contributed by atoms with Crippen LogP contribution >= 0.6 is 0 Å². The number of ether oxygens (including phenoxy) is 3. The first-order valence-electron chi connectivity index (χ1n) is 12.5. The first kappa shape index (κ1) is 26.3. The van der Waals surface area contributed by atoms with E-state index in [4.69, 9.17) is 19.9 Å². The molecule has 0 aliphatic carbocycles. The molecule has 4 aromatic heterocycles. The number of hydrogen-bond donors (Lipinski definition) is 2. The highest BCUT2D eigenvalue weighted by atomic mass is 19.1. The molecule has 39 heavy (non-hydrogen) atoms. The van der Waals surface area contributed by atoms with Crippen LogP contribution in [0.2, 0.25) is 0 Å². The summed E-state index contributed by atoms with van der Waals surface area (Å²) in [5, 5.41) is 4.41. The van der Waals surface area contributed by atoms with Gasteiger partial charge in [0.1, 0.15) is 36.0 Å². The summed E-state index contributed by atoms with van der Waals surface area (Å²) < 4.78 is 33.6. The van der Waals surface area contributed by atoms with Crippen LogP contribution in [0.3, 0.4) is 0 Å². The second kappa shape index (κ2) is 11.6. The van der Waals surface area contributed by atoms with Crippen molar-refractivity contribution in [2.24, 2.45) is 0 Å². The average molecular weight is 532 g/mol. The van der Waals surface area contributed by atoms with Crippen molar-refractivity contribution in [1.29, 1.82) is 0 Å². The summed E-state index contributed by atoms with van der Waals surface area (Å²) in [5.41, 5.74) is 11.3. The van der Waals surface area contributed by atoms with Crippen LogP contribution in [0.4, 0.5) is 15.9 Å². The number of aryl methyl sites for hydroxylation is 1. The molecule has 4 heterocycles. The molecule has 0 fully saturated rings. The fourth-order valence-electron chi connectivity index (χ4n) is 4.51. The molecule has 5 aromatic rings. The van der Waals surface area contributed by atoms with Crippen LogP contribution in [0.1, 0.15) is 23.7 Å². The first-order valence-corrected chi connectivity index (χ1v) is 12.5. The lowest BCUT2D eigenvalue weighted by atomic mass is 10.1. The van der Waals surface area contributed by atoms with Gasteiger partial charge in [0.25, 0.3) is 0 Å². The summed E-state index contributed by atoms with van der Waals surface area (Å²) in [7, 11) is 3.25. The van der Waals surface area contributed by atoms with E-state index in [1.165, 1.54) is 12.4 Å². The van der Waals surface area contributed by atoms with Gasteiger partial charge in [0, 0.05) is 67.8 Å². The minimum absolute atomic E-state index is 0.180. The quantitative estimate of drug-likeness (QED) is 0.238. The highest BCUT2D eigenvalue weighted by molar-refractivity contribution is 5.93. The second-order valence-electron chi connectivity index (χ2n) is 8.99. The van der Waals surface area contributed by atoms with Crippen molar-refractivity contribution in [1.82, 2.24) is 24.5 Å². The molecule has 10 nitrogen and oxygen atoms in total. The van der Waals surface area contributed by atoms with Gasteiger partial charge in [-0.3, -0.25) is 14.5 Å². The summed E-state index contributed by atoms with van der Waals surface area (Å²) in [6.07, 6.45) is 7.49. The van der Waals surface area contributed by atoms with E-state index in [9.17, 15) is 0 Å². The summed E-state index contributed by atoms with van der Waals surface area (Å²) in [5.74, 6) is 0.350. The normalized spacial score (nSPS) is 11.4. The van der Waals surface area contributed by atoms with Crippen molar-refractivity contribution in [2.75, 3.05) is 38.4 Å². The highest BCUT2D eigenvalue weighted by Gasteiger charge is 2.16. The third kappa shape index (κ3) is 5.45. The van der Waals surface area contributed by atoms with E-state index in [-0.39, 0.29) is 6.61 Å². The van der Waals surface area contributed by atoms with Gasteiger partial charge in [-0.05, 0) is 18.6 Å². The summed E-state index contributed by atoms with van der Waals surface area (Å²) in [6.45, 7) is 3.62. The Kier molecular flexibility index (Phi) is 7.80. The van der Waals surface area contributed by atoms with Crippen molar-refractivity contribution in [2.45, 2.75) is 26.6 Å². The van der Waals surface area contributed by atoms with Crippen LogP contribution < -0.4 is 15.8 Å². The van der Waals surface area contributed by atoms with Crippen molar-refractivity contribution in [3.05, 3.63) is 71.8 Å². The Labute approximate surface area is 225 Å². The van der Waals surface area contributed by atoms with Crippen LogP contribution in [0.25, 0.3) is 27.6 Å². The van der Waals surface area contributed by atoms with Crippen LogP contribution in [0.5, 0.6) is 5.75 Å². The van der Waals surface area contributed by atoms with Crippen molar-refractivity contribution in [3.63, 3.8) is 0 Å². The Hall–Kier alpha value is -4.35. The fourth-order valence-corrected chi connectivity index (χ4v) is 4.51. The number of benzene rings is 1. The minimum atomic E-state index is -0.411. The van der Waals surface area contributed by atoms with Crippen molar-refractivity contribution >= 4 is 33.4 Å². The molecule has 0 aliphatic heterocycles. The second-order valence-corrected chi connectivity index (χ2v) is 8.99. The van der Waals surface area contributed by atoms with E-state index in [1.807, 2.05) is 29.8 Å². The number of methoxy groups -OCH3 is 2. The standard InChI is InChI=1S/C28H30FN7O3/c1-4-19-8-23(32-5-6-37-2)26-22(29)9-21(10-24(26)35-19)39-14-17-7-20(12-31-11-17)36-13-18(15-38-3)25-27(30)33-16-34-28(25)36/h7-13,16H,4-6,14-15H2,1-3H3,(H,32,35)(H2,30,33,34). The molecule has 0 saturated heterocycles. The molecule has 0 saturated carbocycles. The van der Waals surface area contributed by atoms with Gasteiger partial charge in [0.2, 0.25) is 0 Å². The topological polar surface area (TPSA) is 122 Å². The SMILES string of the molecule is CCc1cc(NCCOC)c2c(F)cc(OCc3cncc(-n4cc(COC)c5c(N)ncnc54)c3)cc2n1. The van der Waals surface area contributed by atoms with Gasteiger partial charge in [-0.25, -0.2) is 14.4 Å². The Morgan fingerprint density at radius 1 is 1.03 bits per heavy atom. The van der Waals surface area contributed by atoms with Crippen LogP contribution in [0, 0.1) is 5.82 Å². The lowest BCUT2D eigenvalue weighted by Crippen LogP contribution is -2.09. The lowest BCUT2D eigenvalue weighted by Gasteiger charge is -2.14. The Bertz CT molecular complexity index is 1620. The molecule has 11 heteroatoms. The highest BCUT2D eigenvalue weighted by Crippen LogP contribution is 2.31. The monoisotopic (exact) mass is 531 g/mol. The molecule has 1 aromatic carbocycles. The fraction of sp³-hybridized carbons (Fsp3) is 0.286. The number of nitrogens with two attached hydrogens (primary N) is 1. The van der Waals surface area contributed by atoms with Gasteiger partial charge < -0.3 is 25.3 Å². The molecule has 0 spiro atoms. The number of anilines is 2. The molecule has 0 radical (unpaired) electrons. The molecule has 0 atom stereocenters. The number of halogens is 1. The number of rotatable bonds is 11. The third-order valence-electron chi connectivity index (χ3n) is 6.33. The summed E-state index contributed by atoms with van der Waals surface area (Å²) in [6, 6.07) is 6.95. The largest absolute Gasteiger partial charge is 0.489 e. The maximum Gasteiger partial charge on any atom is 0.150 e. The minimum Gasteiger partial charge on any atom is -0.489 e. The number of fused-ring (bicyclic) bond motifs is 2. The zero-order chi connectivity index (χ0) is 27.4. The van der Waals surface area contributed by atoms with Crippen LogP contribution in [-0.2, 0) is 29.1 Å². The molecule has 202 valence electrons. The summed E-state index contributed by atoms with van der Waals surface area (Å²) >= 11 is 0. The van der Waals surface area contributed by atoms with E-state index in [0.717, 1.165) is 34.3 Å². The maximum absolute atomic E-state index is 15.3. The third-order valence-corrected chi connectivity index (χ3v) is 6.33. The number of nitrogens with one attached hydrogen (secondary N) is 1. The molecule has 0 unspecified atom stereocenters. The maximum atomic E-state index is 15.3. The van der Waals surface area contributed by atoms with Gasteiger partial charge in [-0.1, -0.05) is 6.92 Å². The molecular weight excluding hydrogens is 501 g/mol. The van der Waals surface area contributed by atoms with Gasteiger partial charge in [0.15, 0.2) is 0 Å². The van der Waals surface area contributed by atoms with Gasteiger partial charge >= 0.3 is 0 Å². The number of aromatic nitrogens is 5. The predicted octanol–water partition coefficient (Wildman–Crippen LogP) is 4.43. The number of hydrogen-bond acceptors (Lipinski definition) is 9. The molecule has 0 bridgehead atoms. The van der Waals surface area contributed by atoms with E-state index in [2.05, 4.69) is 25.3 Å². The zero-order valence-corrected chi connectivity index (χ0v) is 22.1. The van der Waals surface area contributed by atoms with Gasteiger partial charge in [0.05, 0.1) is 41.4 Å². The summed E-state index contributed by atoms with van der Waals surface area (Å²) in [4.78, 5) is 17.6. The van der Waals surface area contributed by atoms with Gasteiger partial charge in [-0.15, -0.1) is 0 Å². The Morgan fingerprint density at radius 3 is 2.69 bits per heavy atom. The van der Waals surface area contributed by atoms with Crippen molar-refractivity contribution < 1.29 is 18.6 Å². The molecule has 0 aliphatic rings. The Balaban J connectivity index is 1.42. The zero-order valence-electron chi connectivity index (χ0n) is 22.1. The van der Waals surface area contributed by atoms with E-state index in [1.54, 1.807) is 32.7 Å². The van der Waals surface area contributed by atoms with E-state index >= 15 is 4.39 Å². The van der Waals surface area contributed by atoms with Crippen LogP contribution in [0.15, 0.2) is 49.2 Å². The molecule has 5 rings (SSSR count). The number of nitrogen functional groups attached to an aromatic ring is 1. The Morgan fingerprint density at radius 2 is 1.90 bits per heavy atom. The van der Waals surface area contributed by atoms with E-state index < -0.39 is 5.82 Å². The lowest BCUT2D eigenvalue weighted by molar-refractivity contribution is 0.186. The number of nitrogens with zero attached hydrogens (tertiary/aromatic N) is 5. The first-order chi connectivity index (χ1) is 19.0. The average Bonchev–Trinajstić information content (AvgIpc) is 3.31. The molecule has 0 amide bonds. The predicted molar refractivity (Wildman–Crippen MR) is 148 cm³/mol. The smallest absolute Gasteiger partial charge is 0.150 e. The molecular formula is C28H30FN7O3.